The zero-order valence-electron chi connectivity index (χ0n) is 36.1. The number of anilines is 4. The van der Waals surface area contributed by atoms with Crippen LogP contribution in [0, 0.1) is 40.9 Å². The van der Waals surface area contributed by atoms with Crippen molar-refractivity contribution >= 4 is 56.1 Å². The normalized spacial score (nSPS) is 28.3. The van der Waals surface area contributed by atoms with E-state index in [2.05, 4.69) is 59.0 Å². The molecule has 5 heterocycles. The Labute approximate surface area is 361 Å². The smallest absolute Gasteiger partial charge is 0.355 e. The van der Waals surface area contributed by atoms with Crippen LogP contribution in [0.2, 0.25) is 0 Å². The lowest BCUT2D eigenvalue weighted by Gasteiger charge is -2.66. The molecule has 4 aliphatic carbocycles. The van der Waals surface area contributed by atoms with Crippen molar-refractivity contribution in [1.82, 2.24) is 34.8 Å². The topological polar surface area (TPSA) is 162 Å². The van der Waals surface area contributed by atoms with Crippen molar-refractivity contribution in [3.05, 3.63) is 65.1 Å². The third-order valence-corrected chi connectivity index (χ3v) is 16.9. The van der Waals surface area contributed by atoms with E-state index in [1.165, 1.54) is 44.9 Å². The number of hydrogen-bond donors (Lipinski definition) is 3. The van der Waals surface area contributed by atoms with E-state index in [4.69, 9.17) is 20.2 Å². The molecule has 0 radical (unpaired) electrons. The minimum atomic E-state index is -1.07. The van der Waals surface area contributed by atoms with Gasteiger partial charge in [-0.15, -0.1) is 10.2 Å². The van der Waals surface area contributed by atoms with Crippen molar-refractivity contribution in [2.75, 3.05) is 36.9 Å². The number of nitrogens with one attached hydrogen (secondary N) is 1. The Morgan fingerprint density at radius 1 is 0.934 bits per heavy atom. The zero-order chi connectivity index (χ0) is 42.5. The first-order valence-electron chi connectivity index (χ1n) is 22.1. The molecule has 0 amide bonds. The van der Waals surface area contributed by atoms with Gasteiger partial charge in [-0.1, -0.05) is 37.3 Å². The number of para-hydroxylation sites is 1. The number of thiazole rings is 1. The predicted molar refractivity (Wildman–Crippen MR) is 237 cm³/mol. The van der Waals surface area contributed by atoms with Gasteiger partial charge < -0.3 is 25.3 Å². The molecular formula is C47H57N9O4S. The van der Waals surface area contributed by atoms with Crippen LogP contribution in [0.25, 0.3) is 21.3 Å². The van der Waals surface area contributed by atoms with Gasteiger partial charge in [0.1, 0.15) is 5.82 Å². The van der Waals surface area contributed by atoms with Gasteiger partial charge in [-0.3, -0.25) is 9.48 Å². The number of aromatic carboxylic acids is 1. The quantitative estimate of drug-likeness (QED) is 0.0917. The summed E-state index contributed by atoms with van der Waals surface area (Å²) in [6.07, 6.45) is 14.5. The maximum Gasteiger partial charge on any atom is 0.355 e. The SMILES string of the molecule is Cc1c(Nc2nc3ccccc3s2)nnc2c1CCCN2c1ccc(-c2cnn(CC34CC5(C)CC6(CCCN(C)CCCC(=O)O)CC(C)(C3)C6(C5)C4)c2C)c(C(=O)O)n1. The molecule has 13 nitrogen and oxygen atoms in total. The van der Waals surface area contributed by atoms with E-state index in [9.17, 15) is 14.7 Å². The number of pyridine rings is 1. The summed E-state index contributed by atoms with van der Waals surface area (Å²) in [5.41, 5.74) is 6.92. The molecule has 4 aromatic heterocycles. The Morgan fingerprint density at radius 2 is 1.75 bits per heavy atom. The first-order valence-corrected chi connectivity index (χ1v) is 22.9. The molecule has 1 aromatic carbocycles. The summed E-state index contributed by atoms with van der Waals surface area (Å²) in [5, 5.41) is 38.1. The predicted octanol–water partition coefficient (Wildman–Crippen LogP) is 9.43. The van der Waals surface area contributed by atoms with Crippen LogP contribution in [0.5, 0.6) is 0 Å². The fourth-order valence-corrected chi connectivity index (χ4v) is 15.1. The first kappa shape index (κ1) is 40.1. The fourth-order valence-electron chi connectivity index (χ4n) is 14.2. The van der Waals surface area contributed by atoms with Crippen LogP contribution in [-0.2, 0) is 17.8 Å². The van der Waals surface area contributed by atoms with Crippen molar-refractivity contribution in [2.45, 2.75) is 111 Å². The van der Waals surface area contributed by atoms with E-state index in [1.807, 2.05) is 48.4 Å². The van der Waals surface area contributed by atoms with Gasteiger partial charge in [0.2, 0.25) is 0 Å². The summed E-state index contributed by atoms with van der Waals surface area (Å²) < 4.78 is 3.27. The van der Waals surface area contributed by atoms with Gasteiger partial charge in [-0.25, -0.2) is 14.8 Å². The number of carbonyl (C=O) groups is 2. The Morgan fingerprint density at radius 3 is 2.56 bits per heavy atom. The maximum absolute atomic E-state index is 13.0. The van der Waals surface area contributed by atoms with Crippen molar-refractivity contribution in [3.8, 4) is 11.1 Å². The highest BCUT2D eigenvalue weighted by Gasteiger charge is 2.83. The number of benzene rings is 1. The van der Waals surface area contributed by atoms with Crippen molar-refractivity contribution in [2.24, 2.45) is 27.1 Å². The molecule has 5 atom stereocenters. The largest absolute Gasteiger partial charge is 0.481 e. The lowest BCUT2D eigenvalue weighted by molar-refractivity contribution is -0.174. The molecule has 4 saturated carbocycles. The Bertz CT molecular complexity index is 2550. The fraction of sp³-hybridized carbons (Fsp3) is 0.553. The molecule has 1 spiro atoms. The molecule has 3 N–H and O–H groups in total. The first-order chi connectivity index (χ1) is 29.1. The van der Waals surface area contributed by atoms with Crippen LogP contribution in [0.4, 0.5) is 22.6 Å². The number of aromatic nitrogens is 6. The van der Waals surface area contributed by atoms with E-state index < -0.39 is 11.9 Å². The number of hydrogen-bond acceptors (Lipinski definition) is 11. The average Bonchev–Trinajstić information content (AvgIpc) is 3.86. The molecule has 5 aromatic rings. The summed E-state index contributed by atoms with van der Waals surface area (Å²) in [4.78, 5) is 37.9. The second-order valence-electron chi connectivity index (χ2n) is 20.2. The third-order valence-electron chi connectivity index (χ3n) is 15.9. The van der Waals surface area contributed by atoms with Crippen molar-refractivity contribution in [3.63, 3.8) is 0 Å². The summed E-state index contributed by atoms with van der Waals surface area (Å²) in [6, 6.07) is 11.9. The molecule has 14 heteroatoms. The molecule has 0 saturated heterocycles. The Kier molecular flexibility index (Phi) is 9.41. The minimum absolute atomic E-state index is 0.00934. The van der Waals surface area contributed by atoms with Gasteiger partial charge >= 0.3 is 11.9 Å². The molecule has 61 heavy (non-hydrogen) atoms. The third kappa shape index (κ3) is 6.44. The van der Waals surface area contributed by atoms with E-state index >= 15 is 0 Å². The maximum atomic E-state index is 13.0. The average molecular weight is 844 g/mol. The highest BCUT2D eigenvalue weighted by Crippen LogP contribution is 2.92. The summed E-state index contributed by atoms with van der Waals surface area (Å²) in [7, 11) is 2.13. The molecular weight excluding hydrogens is 787 g/mol. The lowest BCUT2D eigenvalue weighted by atomic mass is 9.38. The molecule has 5 unspecified atom stereocenters. The van der Waals surface area contributed by atoms with Crippen molar-refractivity contribution < 1.29 is 19.8 Å². The van der Waals surface area contributed by atoms with Crippen LogP contribution in [-0.4, -0.2) is 83.7 Å². The molecule has 1 aliphatic heterocycles. The van der Waals surface area contributed by atoms with Gasteiger partial charge in [0, 0.05) is 47.5 Å². The molecule has 5 aliphatic rings. The number of nitrogens with zero attached hydrogens (tertiary/aromatic N) is 8. The molecule has 320 valence electrons. The van der Waals surface area contributed by atoms with Gasteiger partial charge in [0.05, 0.1) is 16.4 Å². The number of carboxylic acids is 2. The lowest BCUT2D eigenvalue weighted by Crippen LogP contribution is -2.58. The van der Waals surface area contributed by atoms with Crippen molar-refractivity contribution in [1.29, 1.82) is 0 Å². The van der Waals surface area contributed by atoms with Crippen LogP contribution < -0.4 is 10.2 Å². The van der Waals surface area contributed by atoms with Gasteiger partial charge in [0.15, 0.2) is 22.5 Å². The van der Waals surface area contributed by atoms with E-state index in [0.717, 1.165) is 76.6 Å². The van der Waals surface area contributed by atoms with Gasteiger partial charge in [-0.2, -0.15) is 5.10 Å². The minimum Gasteiger partial charge on any atom is -0.481 e. The number of rotatable bonds is 15. The number of fused-ring (bicyclic) bond motifs is 4. The Balaban J connectivity index is 0.871. The second-order valence-corrected chi connectivity index (χ2v) is 21.2. The standard InChI is InChI=1S/C47H57N9O4S/c1-29-31-11-8-20-55(40(31)53-52-39(29)51-42-49-34-12-6-7-13-35(34)61-42)36-16-15-32(38(50-36)41(59)60)33-21-48-56(30(33)2)28-45-22-43(3)23-46(17-10-19-54(5)18-9-14-37(57)58)26-44(4,25-45)47(46,24-43)27-45/h6-7,12-13,15-16,21H,8-11,14,17-20,22-28H2,1-5H3,(H,57,58)(H,59,60)(H,49,51,52). The zero-order valence-corrected chi connectivity index (χ0v) is 36.9. The van der Waals surface area contributed by atoms with Gasteiger partial charge in [-0.05, 0) is 156 Å². The molecule has 10 rings (SSSR count). The van der Waals surface area contributed by atoms with E-state index in [-0.39, 0.29) is 17.5 Å². The van der Waals surface area contributed by atoms with Crippen LogP contribution in [0.1, 0.15) is 112 Å². The molecule has 4 fully saturated rings. The summed E-state index contributed by atoms with van der Waals surface area (Å²) in [6.45, 7) is 12.6. The second kappa shape index (κ2) is 14.3. The Hall–Kier alpha value is -4.95. The monoisotopic (exact) mass is 843 g/mol. The van der Waals surface area contributed by atoms with E-state index in [0.29, 0.717) is 57.6 Å². The van der Waals surface area contributed by atoms with Crippen LogP contribution >= 0.6 is 11.3 Å². The summed E-state index contributed by atoms with van der Waals surface area (Å²) >= 11 is 1.58. The molecule has 3 bridgehead atoms. The van der Waals surface area contributed by atoms with E-state index in [1.54, 1.807) is 11.3 Å². The number of carboxylic acid groups (broad SMARTS) is 2. The van der Waals surface area contributed by atoms with Crippen LogP contribution in [0.15, 0.2) is 42.6 Å². The van der Waals surface area contributed by atoms with Gasteiger partial charge in [0.25, 0.3) is 0 Å². The van der Waals surface area contributed by atoms with Crippen LogP contribution in [0.3, 0.4) is 0 Å². The summed E-state index contributed by atoms with van der Waals surface area (Å²) in [5.74, 6) is 0.124. The number of aliphatic carboxylic acids is 1. The highest BCUT2D eigenvalue weighted by molar-refractivity contribution is 7.22. The highest BCUT2D eigenvalue weighted by atomic mass is 32.1.